The van der Waals surface area contributed by atoms with Gasteiger partial charge in [-0.1, -0.05) is 0 Å². The molecule has 0 atom stereocenters. The summed E-state index contributed by atoms with van der Waals surface area (Å²) in [7, 11) is -3.15. The zero-order valence-electron chi connectivity index (χ0n) is 11.9. The Bertz CT molecular complexity index is 400. The Morgan fingerprint density at radius 1 is 1.37 bits per heavy atom. The molecule has 0 radical (unpaired) electrons. The fraction of sp³-hybridized carbons (Fsp3) is 0.917. The monoisotopic (exact) mass is 292 g/mol. The molecule has 6 nitrogen and oxygen atoms in total. The van der Waals surface area contributed by atoms with Gasteiger partial charge < -0.3 is 10.0 Å². The van der Waals surface area contributed by atoms with Gasteiger partial charge in [0.25, 0.3) is 0 Å². The molecule has 1 saturated heterocycles. The Morgan fingerprint density at radius 3 is 2.26 bits per heavy atom. The summed E-state index contributed by atoms with van der Waals surface area (Å²) in [6.45, 7) is 4.92. The Labute approximate surface area is 115 Å². The first kappa shape index (κ1) is 16.4. The lowest BCUT2D eigenvalue weighted by Gasteiger charge is -2.34. The average Bonchev–Trinajstić information content (AvgIpc) is 2.34. The minimum Gasteiger partial charge on any atom is -0.395 e. The van der Waals surface area contributed by atoms with E-state index >= 15 is 0 Å². The van der Waals surface area contributed by atoms with Crippen LogP contribution in [0.1, 0.15) is 26.7 Å². The van der Waals surface area contributed by atoms with Crippen molar-refractivity contribution >= 4 is 15.9 Å². The van der Waals surface area contributed by atoms with Gasteiger partial charge in [-0.25, -0.2) is 12.7 Å². The molecule has 0 bridgehead atoms. The van der Waals surface area contributed by atoms with Crippen LogP contribution in [0.4, 0.5) is 0 Å². The molecule has 0 saturated carbocycles. The molecule has 0 aromatic carbocycles. The highest BCUT2D eigenvalue weighted by molar-refractivity contribution is 7.88. The van der Waals surface area contributed by atoms with E-state index in [1.54, 1.807) is 4.90 Å². The van der Waals surface area contributed by atoms with Crippen LogP contribution in [-0.4, -0.2) is 67.2 Å². The number of hydrogen-bond donors (Lipinski definition) is 1. The molecule has 0 aromatic rings. The largest absolute Gasteiger partial charge is 0.395 e. The van der Waals surface area contributed by atoms with Gasteiger partial charge in [-0.15, -0.1) is 0 Å². The number of sulfonamides is 1. The highest BCUT2D eigenvalue weighted by atomic mass is 32.2. The van der Waals surface area contributed by atoms with E-state index < -0.39 is 10.0 Å². The standard InChI is InChI=1S/C12H24N2O4S/c1-10(2)14(8-9-15)12(16)11-4-6-13(7-5-11)19(3,17)18/h10-11,15H,4-9H2,1-3H3. The molecule has 1 fully saturated rings. The molecule has 1 heterocycles. The van der Waals surface area contributed by atoms with Gasteiger partial charge in [0.05, 0.1) is 12.9 Å². The molecule has 0 aromatic heterocycles. The first-order valence-corrected chi connectivity index (χ1v) is 8.48. The van der Waals surface area contributed by atoms with Crippen LogP contribution in [0, 0.1) is 5.92 Å². The molecule has 0 aliphatic carbocycles. The summed E-state index contributed by atoms with van der Waals surface area (Å²) in [6.07, 6.45) is 2.31. The molecule has 1 aliphatic heterocycles. The predicted molar refractivity (Wildman–Crippen MR) is 73.1 cm³/mol. The summed E-state index contributed by atoms with van der Waals surface area (Å²) in [4.78, 5) is 14.0. The number of rotatable bonds is 5. The van der Waals surface area contributed by atoms with Crippen molar-refractivity contribution in [3.05, 3.63) is 0 Å². The second kappa shape index (κ2) is 6.67. The number of amides is 1. The van der Waals surface area contributed by atoms with Crippen LogP contribution in [-0.2, 0) is 14.8 Å². The molecule has 112 valence electrons. The molecule has 7 heteroatoms. The maximum Gasteiger partial charge on any atom is 0.226 e. The molecular formula is C12H24N2O4S. The van der Waals surface area contributed by atoms with Gasteiger partial charge in [0, 0.05) is 31.6 Å². The Kier molecular flexibility index (Phi) is 5.76. The molecule has 1 rings (SSSR count). The van der Waals surface area contributed by atoms with Crippen molar-refractivity contribution < 1.29 is 18.3 Å². The zero-order chi connectivity index (χ0) is 14.6. The van der Waals surface area contributed by atoms with Crippen LogP contribution in [0.5, 0.6) is 0 Å². The smallest absolute Gasteiger partial charge is 0.226 e. The highest BCUT2D eigenvalue weighted by Gasteiger charge is 2.31. The van der Waals surface area contributed by atoms with E-state index in [0.29, 0.717) is 32.5 Å². The van der Waals surface area contributed by atoms with Crippen LogP contribution in [0.2, 0.25) is 0 Å². The zero-order valence-corrected chi connectivity index (χ0v) is 12.7. The third-order valence-electron chi connectivity index (χ3n) is 3.52. The van der Waals surface area contributed by atoms with E-state index in [4.69, 9.17) is 5.11 Å². The van der Waals surface area contributed by atoms with Crippen molar-refractivity contribution in [1.29, 1.82) is 0 Å². The van der Waals surface area contributed by atoms with Crippen LogP contribution >= 0.6 is 0 Å². The number of aliphatic hydroxyl groups is 1. The second-order valence-electron chi connectivity index (χ2n) is 5.29. The van der Waals surface area contributed by atoms with Gasteiger partial charge in [-0.3, -0.25) is 4.79 Å². The molecule has 0 unspecified atom stereocenters. The van der Waals surface area contributed by atoms with Crippen LogP contribution in [0.15, 0.2) is 0 Å². The molecule has 1 N–H and O–H groups in total. The molecule has 1 amide bonds. The molecule has 19 heavy (non-hydrogen) atoms. The topological polar surface area (TPSA) is 77.9 Å². The fourth-order valence-corrected chi connectivity index (χ4v) is 3.27. The van der Waals surface area contributed by atoms with Gasteiger partial charge in [0.2, 0.25) is 15.9 Å². The van der Waals surface area contributed by atoms with Crippen molar-refractivity contribution in [2.45, 2.75) is 32.7 Å². The lowest BCUT2D eigenvalue weighted by atomic mass is 9.96. The van der Waals surface area contributed by atoms with Gasteiger partial charge in [0.15, 0.2) is 0 Å². The maximum absolute atomic E-state index is 12.3. The van der Waals surface area contributed by atoms with Crippen molar-refractivity contribution in [3.8, 4) is 0 Å². The second-order valence-corrected chi connectivity index (χ2v) is 7.27. The highest BCUT2D eigenvalue weighted by Crippen LogP contribution is 2.22. The van der Waals surface area contributed by atoms with Crippen molar-refractivity contribution in [2.75, 3.05) is 32.5 Å². The molecule has 1 aliphatic rings. The van der Waals surface area contributed by atoms with Gasteiger partial charge in [-0.05, 0) is 26.7 Å². The van der Waals surface area contributed by atoms with E-state index in [-0.39, 0.29) is 24.5 Å². The number of hydrogen-bond acceptors (Lipinski definition) is 4. The van der Waals surface area contributed by atoms with E-state index in [1.165, 1.54) is 10.6 Å². The van der Waals surface area contributed by atoms with Gasteiger partial charge >= 0.3 is 0 Å². The summed E-state index contributed by atoms with van der Waals surface area (Å²) in [5.41, 5.74) is 0. The number of carbonyl (C=O) groups excluding carboxylic acids is 1. The summed E-state index contributed by atoms with van der Waals surface area (Å²) < 4.78 is 24.2. The Balaban J connectivity index is 2.61. The summed E-state index contributed by atoms with van der Waals surface area (Å²) in [6, 6.07) is 0.0487. The van der Waals surface area contributed by atoms with E-state index in [9.17, 15) is 13.2 Å². The van der Waals surface area contributed by atoms with E-state index in [1.807, 2.05) is 13.8 Å². The van der Waals surface area contributed by atoms with Crippen molar-refractivity contribution in [3.63, 3.8) is 0 Å². The van der Waals surface area contributed by atoms with Gasteiger partial charge in [-0.2, -0.15) is 0 Å². The SMILES string of the molecule is CC(C)N(CCO)C(=O)C1CCN(S(C)(=O)=O)CC1. The third-order valence-corrected chi connectivity index (χ3v) is 4.82. The summed E-state index contributed by atoms with van der Waals surface area (Å²) >= 11 is 0. The van der Waals surface area contributed by atoms with E-state index in [0.717, 1.165) is 0 Å². The summed E-state index contributed by atoms with van der Waals surface area (Å²) in [5.74, 6) is -0.107. The fourth-order valence-electron chi connectivity index (χ4n) is 2.40. The van der Waals surface area contributed by atoms with Crippen LogP contribution in [0.3, 0.4) is 0 Å². The molecule has 0 spiro atoms. The lowest BCUT2D eigenvalue weighted by molar-refractivity contribution is -0.139. The number of carbonyl (C=O) groups is 1. The van der Waals surface area contributed by atoms with Crippen molar-refractivity contribution in [2.24, 2.45) is 5.92 Å². The first-order valence-electron chi connectivity index (χ1n) is 6.63. The number of nitrogens with zero attached hydrogens (tertiary/aromatic N) is 2. The Hall–Kier alpha value is -0.660. The first-order chi connectivity index (χ1) is 8.77. The minimum absolute atomic E-state index is 0.0252. The lowest BCUT2D eigenvalue weighted by Crippen LogP contribution is -2.47. The van der Waals surface area contributed by atoms with Gasteiger partial charge in [0.1, 0.15) is 0 Å². The predicted octanol–water partition coefficient (Wildman–Crippen LogP) is -0.113. The third kappa shape index (κ3) is 4.43. The number of aliphatic hydroxyl groups excluding tert-OH is 1. The quantitative estimate of drug-likeness (QED) is 0.767. The minimum atomic E-state index is -3.15. The van der Waals surface area contributed by atoms with Crippen molar-refractivity contribution in [1.82, 2.24) is 9.21 Å². The normalized spacial score (nSPS) is 18.8. The molecular weight excluding hydrogens is 268 g/mol. The Morgan fingerprint density at radius 2 is 1.89 bits per heavy atom. The van der Waals surface area contributed by atoms with E-state index in [2.05, 4.69) is 0 Å². The van der Waals surface area contributed by atoms with Crippen LogP contribution in [0.25, 0.3) is 0 Å². The average molecular weight is 292 g/mol. The number of piperidine rings is 1. The van der Waals surface area contributed by atoms with Crippen LogP contribution < -0.4 is 0 Å². The summed E-state index contributed by atoms with van der Waals surface area (Å²) in [5, 5.41) is 9.00. The maximum atomic E-state index is 12.3.